The van der Waals surface area contributed by atoms with Crippen LogP contribution < -0.4 is 10.1 Å². The molecule has 0 saturated heterocycles. The smallest absolute Gasteiger partial charge is 0.243 e. The Balaban J connectivity index is 2.17. The molecule has 0 bridgehead atoms. The van der Waals surface area contributed by atoms with Gasteiger partial charge in [0.15, 0.2) is 0 Å². The fourth-order valence-corrected chi connectivity index (χ4v) is 3.54. The summed E-state index contributed by atoms with van der Waals surface area (Å²) in [6, 6.07) is 14.9. The van der Waals surface area contributed by atoms with Crippen molar-refractivity contribution >= 4 is 21.6 Å². The van der Waals surface area contributed by atoms with E-state index in [1.165, 1.54) is 25.3 Å². The maximum Gasteiger partial charge on any atom is 0.243 e. The summed E-state index contributed by atoms with van der Waals surface area (Å²) in [7, 11) is -2.33. The molecule has 6 nitrogen and oxygen atoms in total. The number of amides is 1. The summed E-state index contributed by atoms with van der Waals surface area (Å²) >= 11 is 0. The van der Waals surface area contributed by atoms with Crippen LogP contribution >= 0.6 is 0 Å². The molecular weight excluding hydrogens is 340 g/mol. The second kappa shape index (κ2) is 8.46. The van der Waals surface area contributed by atoms with Crippen LogP contribution in [-0.4, -0.2) is 38.8 Å². The molecule has 1 amide bonds. The Morgan fingerprint density at radius 2 is 1.80 bits per heavy atom. The van der Waals surface area contributed by atoms with Crippen LogP contribution in [0.1, 0.15) is 0 Å². The Bertz CT molecular complexity index is 818. The highest BCUT2D eigenvalue weighted by Crippen LogP contribution is 2.19. The first-order chi connectivity index (χ1) is 12.0. The number of carbonyl (C=O) groups is 1. The van der Waals surface area contributed by atoms with E-state index in [2.05, 4.69) is 11.9 Å². The summed E-state index contributed by atoms with van der Waals surface area (Å²) in [5.74, 6) is 0.126. The number of anilines is 1. The van der Waals surface area contributed by atoms with Crippen molar-refractivity contribution in [3.8, 4) is 5.75 Å². The fraction of sp³-hybridized carbons (Fsp3) is 0.167. The highest BCUT2D eigenvalue weighted by molar-refractivity contribution is 7.89. The lowest BCUT2D eigenvalue weighted by Gasteiger charge is -2.20. The quantitative estimate of drug-likeness (QED) is 0.734. The molecule has 132 valence electrons. The molecule has 1 N–H and O–H groups in total. The van der Waals surface area contributed by atoms with E-state index in [1.54, 1.807) is 36.4 Å². The van der Waals surface area contributed by atoms with Crippen LogP contribution in [0.5, 0.6) is 5.75 Å². The highest BCUT2D eigenvalue weighted by Gasteiger charge is 2.25. The van der Waals surface area contributed by atoms with Gasteiger partial charge >= 0.3 is 0 Å². The zero-order valence-electron chi connectivity index (χ0n) is 13.9. The molecule has 2 aromatic rings. The van der Waals surface area contributed by atoms with E-state index in [4.69, 9.17) is 4.74 Å². The van der Waals surface area contributed by atoms with Crippen molar-refractivity contribution in [2.75, 3.05) is 25.5 Å². The average molecular weight is 360 g/mol. The summed E-state index contributed by atoms with van der Waals surface area (Å²) in [6.45, 7) is 3.28. The van der Waals surface area contributed by atoms with Gasteiger partial charge in [-0.05, 0) is 36.4 Å². The van der Waals surface area contributed by atoms with E-state index in [9.17, 15) is 13.2 Å². The second-order valence-electron chi connectivity index (χ2n) is 5.18. The number of ether oxygens (including phenoxy) is 1. The Kier molecular flexibility index (Phi) is 6.32. The van der Waals surface area contributed by atoms with E-state index >= 15 is 0 Å². The summed E-state index contributed by atoms with van der Waals surface area (Å²) in [4.78, 5) is 12.3. The molecule has 0 aliphatic heterocycles. The van der Waals surface area contributed by atoms with Gasteiger partial charge in [-0.25, -0.2) is 8.42 Å². The van der Waals surface area contributed by atoms with Crippen molar-refractivity contribution < 1.29 is 17.9 Å². The van der Waals surface area contributed by atoms with Gasteiger partial charge in [0, 0.05) is 12.2 Å². The van der Waals surface area contributed by atoms with Gasteiger partial charge < -0.3 is 10.1 Å². The number of methoxy groups -OCH3 is 1. The van der Waals surface area contributed by atoms with Gasteiger partial charge in [-0.1, -0.05) is 24.3 Å². The number of hydrogen-bond acceptors (Lipinski definition) is 4. The predicted molar refractivity (Wildman–Crippen MR) is 97.0 cm³/mol. The molecule has 2 rings (SSSR count). The van der Waals surface area contributed by atoms with Crippen LogP contribution in [0.2, 0.25) is 0 Å². The minimum absolute atomic E-state index is 0.0244. The number of carbonyl (C=O) groups excluding carboxylic acids is 1. The van der Waals surface area contributed by atoms with Crippen molar-refractivity contribution in [1.82, 2.24) is 4.31 Å². The monoisotopic (exact) mass is 360 g/mol. The molecule has 0 aliphatic carbocycles. The third-order valence-corrected chi connectivity index (χ3v) is 5.23. The van der Waals surface area contributed by atoms with Crippen LogP contribution in [0.4, 0.5) is 5.69 Å². The Labute approximate surface area is 147 Å². The van der Waals surface area contributed by atoms with Gasteiger partial charge in [0.25, 0.3) is 0 Å². The summed E-state index contributed by atoms with van der Waals surface area (Å²) < 4.78 is 31.6. The SMILES string of the molecule is C=CCN(CC(=O)Nc1ccccc1)S(=O)(=O)c1ccc(OC)cc1. The normalized spacial score (nSPS) is 11.1. The molecule has 0 saturated carbocycles. The first kappa shape index (κ1) is 18.7. The van der Waals surface area contributed by atoms with Crippen LogP contribution in [0.3, 0.4) is 0 Å². The molecule has 0 aromatic heterocycles. The molecule has 2 aromatic carbocycles. The topological polar surface area (TPSA) is 75.7 Å². The number of hydrogen-bond donors (Lipinski definition) is 1. The zero-order valence-corrected chi connectivity index (χ0v) is 14.7. The minimum Gasteiger partial charge on any atom is -0.497 e. The van der Waals surface area contributed by atoms with Gasteiger partial charge in [0.05, 0.1) is 18.6 Å². The minimum atomic E-state index is -3.83. The van der Waals surface area contributed by atoms with Crippen molar-refractivity contribution in [2.24, 2.45) is 0 Å². The van der Waals surface area contributed by atoms with Crippen molar-refractivity contribution in [2.45, 2.75) is 4.90 Å². The van der Waals surface area contributed by atoms with Crippen LogP contribution in [0, 0.1) is 0 Å². The summed E-state index contributed by atoms with van der Waals surface area (Å²) in [5.41, 5.74) is 0.605. The Morgan fingerprint density at radius 3 is 2.36 bits per heavy atom. The van der Waals surface area contributed by atoms with Crippen LogP contribution in [-0.2, 0) is 14.8 Å². The standard InChI is InChI=1S/C18H20N2O4S/c1-3-13-20(14-18(21)19-15-7-5-4-6-8-15)25(22,23)17-11-9-16(24-2)10-12-17/h3-12H,1,13-14H2,2H3,(H,19,21). The molecule has 0 atom stereocenters. The van der Waals surface area contributed by atoms with Gasteiger partial charge in [0.2, 0.25) is 15.9 Å². The number of nitrogens with one attached hydrogen (secondary N) is 1. The van der Waals surface area contributed by atoms with Gasteiger partial charge in [-0.2, -0.15) is 4.31 Å². The van der Waals surface area contributed by atoms with Crippen molar-refractivity contribution in [3.05, 3.63) is 67.3 Å². The van der Waals surface area contributed by atoms with E-state index in [0.29, 0.717) is 11.4 Å². The van der Waals surface area contributed by atoms with Crippen LogP contribution in [0.15, 0.2) is 72.1 Å². The molecule has 0 fully saturated rings. The van der Waals surface area contributed by atoms with Crippen LogP contribution in [0.25, 0.3) is 0 Å². The number of rotatable bonds is 8. The third kappa shape index (κ3) is 4.91. The maximum atomic E-state index is 12.8. The Morgan fingerprint density at radius 1 is 1.16 bits per heavy atom. The average Bonchev–Trinajstić information content (AvgIpc) is 2.62. The molecule has 0 unspecified atom stereocenters. The lowest BCUT2D eigenvalue weighted by molar-refractivity contribution is -0.116. The predicted octanol–water partition coefficient (Wildman–Crippen LogP) is 2.51. The third-order valence-electron chi connectivity index (χ3n) is 3.41. The van der Waals surface area contributed by atoms with Gasteiger partial charge in [0.1, 0.15) is 5.75 Å². The fourth-order valence-electron chi connectivity index (χ4n) is 2.17. The highest BCUT2D eigenvalue weighted by atomic mass is 32.2. The van der Waals surface area contributed by atoms with Gasteiger partial charge in [-0.3, -0.25) is 4.79 Å². The Hall–Kier alpha value is -2.64. The van der Waals surface area contributed by atoms with E-state index in [1.807, 2.05) is 6.07 Å². The number of benzene rings is 2. The molecule has 7 heteroatoms. The lowest BCUT2D eigenvalue weighted by atomic mass is 10.3. The molecule has 0 radical (unpaired) electrons. The van der Waals surface area contributed by atoms with E-state index in [-0.39, 0.29) is 18.0 Å². The number of sulfonamides is 1. The van der Waals surface area contributed by atoms with Crippen molar-refractivity contribution in [3.63, 3.8) is 0 Å². The molecular formula is C18H20N2O4S. The first-order valence-electron chi connectivity index (χ1n) is 7.57. The van der Waals surface area contributed by atoms with Gasteiger partial charge in [-0.15, -0.1) is 6.58 Å². The maximum absolute atomic E-state index is 12.8. The summed E-state index contributed by atoms with van der Waals surface area (Å²) in [5, 5.41) is 2.67. The second-order valence-corrected chi connectivity index (χ2v) is 7.11. The number of nitrogens with zero attached hydrogens (tertiary/aromatic N) is 1. The molecule has 0 aliphatic rings. The molecule has 0 heterocycles. The van der Waals surface area contributed by atoms with Crippen molar-refractivity contribution in [1.29, 1.82) is 0 Å². The summed E-state index contributed by atoms with van der Waals surface area (Å²) in [6.07, 6.45) is 1.44. The zero-order chi connectivity index (χ0) is 18.3. The van der Waals surface area contributed by atoms with E-state index in [0.717, 1.165) is 4.31 Å². The van der Waals surface area contributed by atoms with E-state index < -0.39 is 15.9 Å². The number of para-hydroxylation sites is 1. The molecule has 0 spiro atoms. The largest absolute Gasteiger partial charge is 0.497 e. The molecule has 25 heavy (non-hydrogen) atoms. The first-order valence-corrected chi connectivity index (χ1v) is 9.01. The lowest BCUT2D eigenvalue weighted by Crippen LogP contribution is -2.38.